The van der Waals surface area contributed by atoms with Gasteiger partial charge in [-0.3, -0.25) is 14.9 Å². The molecule has 0 bridgehead atoms. The van der Waals surface area contributed by atoms with Crippen molar-refractivity contribution in [1.82, 2.24) is 0 Å². The lowest BCUT2D eigenvalue weighted by Crippen LogP contribution is -2.12. The Morgan fingerprint density at radius 2 is 2.15 bits per heavy atom. The third kappa shape index (κ3) is 2.91. The van der Waals surface area contributed by atoms with E-state index in [9.17, 15) is 19.3 Å². The molecule has 0 radical (unpaired) electrons. The maximum absolute atomic E-state index is 13.5. The molecule has 1 heterocycles. The Kier molecular flexibility index (Phi) is 3.65. The summed E-state index contributed by atoms with van der Waals surface area (Å²) < 4.78 is 18.4. The lowest BCUT2D eigenvalue weighted by molar-refractivity contribution is -0.402. The van der Waals surface area contributed by atoms with E-state index >= 15 is 0 Å². The maximum atomic E-state index is 13.5. The van der Waals surface area contributed by atoms with Crippen LogP contribution in [0.5, 0.6) is 0 Å². The number of carbonyl (C=O) groups excluding carboxylic acids is 1. The van der Waals surface area contributed by atoms with Crippen LogP contribution < -0.4 is 11.1 Å². The molecule has 0 spiro atoms. The summed E-state index contributed by atoms with van der Waals surface area (Å²) in [5.74, 6) is -1.38. The Morgan fingerprint density at radius 3 is 2.75 bits per heavy atom. The number of nitrogens with zero attached hydrogens (tertiary/aromatic N) is 1. The molecule has 1 aromatic heterocycles. The van der Waals surface area contributed by atoms with Gasteiger partial charge in [0.05, 0.1) is 18.3 Å². The molecule has 0 saturated heterocycles. The molecule has 1 amide bonds. The minimum Gasteiger partial charge on any atom is -0.404 e. The van der Waals surface area contributed by atoms with Crippen molar-refractivity contribution >= 4 is 17.5 Å². The molecular weight excluding hydrogens is 269 g/mol. The molecule has 0 fully saturated rings. The molecule has 0 aliphatic carbocycles. The minimum atomic E-state index is -0.679. The summed E-state index contributed by atoms with van der Waals surface area (Å²) in [6, 6.07) is 6.23. The van der Waals surface area contributed by atoms with Crippen molar-refractivity contribution in [2.24, 2.45) is 5.73 Å². The molecule has 2 rings (SSSR count). The number of halogens is 1. The Labute approximate surface area is 112 Å². The third-order valence-electron chi connectivity index (χ3n) is 2.53. The van der Waals surface area contributed by atoms with Crippen molar-refractivity contribution in [3.8, 4) is 0 Å². The molecule has 0 aliphatic heterocycles. The van der Waals surface area contributed by atoms with E-state index in [4.69, 9.17) is 10.2 Å². The number of nitrogens with one attached hydrogen (secondary N) is 1. The second-order valence-corrected chi connectivity index (χ2v) is 3.91. The number of primary amides is 1. The lowest BCUT2D eigenvalue weighted by Gasteiger charge is -2.07. The monoisotopic (exact) mass is 279 g/mol. The van der Waals surface area contributed by atoms with Crippen LogP contribution in [0.25, 0.3) is 0 Å². The molecule has 3 N–H and O–H groups in total. The van der Waals surface area contributed by atoms with E-state index in [0.717, 1.165) is 6.07 Å². The summed E-state index contributed by atoms with van der Waals surface area (Å²) in [4.78, 5) is 20.8. The molecule has 0 aliphatic rings. The summed E-state index contributed by atoms with van der Waals surface area (Å²) in [5, 5.41) is 13.1. The Hall–Kier alpha value is -2.90. The van der Waals surface area contributed by atoms with Gasteiger partial charge in [0, 0.05) is 5.56 Å². The molecule has 0 saturated carbocycles. The van der Waals surface area contributed by atoms with Crippen LogP contribution in [0.15, 0.2) is 34.7 Å². The van der Waals surface area contributed by atoms with Gasteiger partial charge in [-0.25, -0.2) is 4.39 Å². The second kappa shape index (κ2) is 5.39. The molecule has 1 aromatic carbocycles. The van der Waals surface area contributed by atoms with Crippen LogP contribution in [0.4, 0.5) is 16.0 Å². The van der Waals surface area contributed by atoms with Crippen LogP contribution in [-0.4, -0.2) is 10.8 Å². The number of nitro groups is 1. The van der Waals surface area contributed by atoms with Crippen LogP contribution in [0.1, 0.15) is 16.1 Å². The quantitative estimate of drug-likeness (QED) is 0.642. The zero-order valence-electron chi connectivity index (χ0n) is 10.1. The van der Waals surface area contributed by atoms with Crippen molar-refractivity contribution in [3.63, 3.8) is 0 Å². The van der Waals surface area contributed by atoms with Crippen molar-refractivity contribution < 1.29 is 18.5 Å². The van der Waals surface area contributed by atoms with Gasteiger partial charge in [0.2, 0.25) is 5.91 Å². The van der Waals surface area contributed by atoms with Gasteiger partial charge in [-0.15, -0.1) is 0 Å². The Balaban J connectivity index is 2.11. The molecule has 0 unspecified atom stereocenters. The van der Waals surface area contributed by atoms with Crippen molar-refractivity contribution in [3.05, 3.63) is 57.6 Å². The largest absolute Gasteiger partial charge is 0.433 e. The first-order valence-electron chi connectivity index (χ1n) is 5.53. The number of benzene rings is 1. The van der Waals surface area contributed by atoms with Crippen LogP contribution in [0.2, 0.25) is 0 Å². The number of hydrogen-bond acceptors (Lipinski definition) is 5. The van der Waals surface area contributed by atoms with Gasteiger partial charge in [-0.05, 0) is 24.3 Å². The number of anilines is 1. The third-order valence-corrected chi connectivity index (χ3v) is 2.53. The van der Waals surface area contributed by atoms with Crippen LogP contribution >= 0.6 is 0 Å². The highest BCUT2D eigenvalue weighted by Gasteiger charge is 2.12. The summed E-state index contributed by atoms with van der Waals surface area (Å²) in [7, 11) is 0. The van der Waals surface area contributed by atoms with E-state index in [1.54, 1.807) is 0 Å². The number of furan rings is 1. The number of nitrogens with two attached hydrogens (primary N) is 1. The van der Waals surface area contributed by atoms with E-state index in [2.05, 4.69) is 5.32 Å². The average Bonchev–Trinajstić information content (AvgIpc) is 2.86. The van der Waals surface area contributed by atoms with E-state index in [0.29, 0.717) is 0 Å². The fourth-order valence-corrected chi connectivity index (χ4v) is 1.56. The lowest BCUT2D eigenvalue weighted by atomic mass is 10.2. The number of rotatable bonds is 5. The SMILES string of the molecule is NC(=O)c1ccc(F)c(NCc2ccc([N+](=O)[O-])o2)c1. The fourth-order valence-electron chi connectivity index (χ4n) is 1.56. The van der Waals surface area contributed by atoms with Crippen LogP contribution in [0.3, 0.4) is 0 Å². The van der Waals surface area contributed by atoms with Gasteiger partial charge in [0.15, 0.2) is 0 Å². The summed E-state index contributed by atoms with van der Waals surface area (Å²) in [5.41, 5.74) is 5.30. The first kappa shape index (κ1) is 13.5. The first-order chi connectivity index (χ1) is 9.47. The molecule has 2 aromatic rings. The van der Waals surface area contributed by atoms with E-state index in [-0.39, 0.29) is 23.6 Å². The predicted molar refractivity (Wildman–Crippen MR) is 67.6 cm³/mol. The first-order valence-corrected chi connectivity index (χ1v) is 5.53. The second-order valence-electron chi connectivity index (χ2n) is 3.91. The average molecular weight is 279 g/mol. The Bertz CT molecular complexity index is 668. The normalized spacial score (nSPS) is 10.2. The van der Waals surface area contributed by atoms with Crippen molar-refractivity contribution in [1.29, 1.82) is 0 Å². The van der Waals surface area contributed by atoms with Gasteiger partial charge in [0.25, 0.3) is 0 Å². The summed E-state index contributed by atoms with van der Waals surface area (Å²) in [6.07, 6.45) is 0. The van der Waals surface area contributed by atoms with Gasteiger partial charge >= 0.3 is 5.88 Å². The molecule has 0 atom stereocenters. The molecular formula is C12H10FN3O4. The van der Waals surface area contributed by atoms with E-state index in [1.165, 1.54) is 24.3 Å². The van der Waals surface area contributed by atoms with Gasteiger partial charge < -0.3 is 15.5 Å². The smallest absolute Gasteiger partial charge is 0.404 e. The minimum absolute atomic E-state index is 0.0347. The van der Waals surface area contributed by atoms with Crippen molar-refractivity contribution in [2.75, 3.05) is 5.32 Å². The topological polar surface area (TPSA) is 111 Å². The predicted octanol–water partition coefficient (Wildman–Crippen LogP) is 2.04. The number of amides is 1. The van der Waals surface area contributed by atoms with Gasteiger partial charge in [-0.2, -0.15) is 0 Å². The summed E-state index contributed by atoms with van der Waals surface area (Å²) >= 11 is 0. The molecule has 8 heteroatoms. The molecule has 7 nitrogen and oxygen atoms in total. The standard InChI is InChI=1S/C12H10FN3O4/c13-9-3-1-7(12(14)17)5-10(9)15-6-8-2-4-11(20-8)16(18)19/h1-5,15H,6H2,(H2,14,17). The molecule has 20 heavy (non-hydrogen) atoms. The maximum Gasteiger partial charge on any atom is 0.433 e. The van der Waals surface area contributed by atoms with Gasteiger partial charge in [0.1, 0.15) is 16.5 Å². The highest BCUT2D eigenvalue weighted by atomic mass is 19.1. The van der Waals surface area contributed by atoms with E-state index in [1.807, 2.05) is 0 Å². The number of carbonyl (C=O) groups is 1. The van der Waals surface area contributed by atoms with Crippen molar-refractivity contribution in [2.45, 2.75) is 6.54 Å². The highest BCUT2D eigenvalue weighted by molar-refractivity contribution is 5.93. The number of hydrogen-bond donors (Lipinski definition) is 2. The van der Waals surface area contributed by atoms with Crippen LogP contribution in [0, 0.1) is 15.9 Å². The molecule has 104 valence electrons. The van der Waals surface area contributed by atoms with E-state index < -0.39 is 22.5 Å². The Morgan fingerprint density at radius 1 is 1.40 bits per heavy atom. The highest BCUT2D eigenvalue weighted by Crippen LogP contribution is 2.19. The summed E-state index contributed by atoms with van der Waals surface area (Å²) in [6.45, 7) is 0.0347. The zero-order valence-corrected chi connectivity index (χ0v) is 10.1. The fraction of sp³-hybridized carbons (Fsp3) is 0.0833. The van der Waals surface area contributed by atoms with Crippen LogP contribution in [-0.2, 0) is 6.54 Å². The van der Waals surface area contributed by atoms with Gasteiger partial charge in [-0.1, -0.05) is 0 Å². The zero-order chi connectivity index (χ0) is 14.7.